The van der Waals surface area contributed by atoms with Crippen LogP contribution in [-0.2, 0) is 14.9 Å². The van der Waals surface area contributed by atoms with E-state index in [1.165, 1.54) is 5.56 Å². The first-order valence-corrected chi connectivity index (χ1v) is 6.81. The number of benzene rings is 1. The normalized spacial score (nSPS) is 21.2. The number of nitrogens with zero attached hydrogens (tertiary/aromatic N) is 1. The molecule has 1 N–H and O–H groups in total. The highest BCUT2D eigenvalue weighted by Crippen LogP contribution is 2.51. The van der Waals surface area contributed by atoms with E-state index in [9.17, 15) is 9.90 Å². The number of anilines is 1. The van der Waals surface area contributed by atoms with Crippen LogP contribution in [0.15, 0.2) is 18.2 Å². The van der Waals surface area contributed by atoms with Gasteiger partial charge in [0.25, 0.3) is 0 Å². The molecule has 19 heavy (non-hydrogen) atoms. The second-order valence-electron chi connectivity index (χ2n) is 5.51. The molecule has 0 unspecified atom stereocenters. The maximum Gasteiger partial charge on any atom is 0.314 e. The predicted molar refractivity (Wildman–Crippen MR) is 72.8 cm³/mol. The van der Waals surface area contributed by atoms with Crippen molar-refractivity contribution in [1.82, 2.24) is 0 Å². The van der Waals surface area contributed by atoms with Crippen LogP contribution >= 0.6 is 0 Å². The molecule has 1 heterocycles. The summed E-state index contributed by atoms with van der Waals surface area (Å²) in [4.78, 5) is 13.8. The van der Waals surface area contributed by atoms with Crippen molar-refractivity contribution in [2.75, 3.05) is 31.2 Å². The molecule has 0 amide bonds. The first-order chi connectivity index (χ1) is 9.13. The van der Waals surface area contributed by atoms with E-state index in [1.807, 2.05) is 19.1 Å². The van der Waals surface area contributed by atoms with Crippen molar-refractivity contribution in [2.24, 2.45) is 0 Å². The first-order valence-electron chi connectivity index (χ1n) is 6.81. The SMILES string of the molecule is Cc1ccc(C2(C(=O)O)CC2)c(N2CCOCC2)c1. The fourth-order valence-corrected chi connectivity index (χ4v) is 2.84. The number of rotatable bonds is 3. The molecule has 0 atom stereocenters. The zero-order chi connectivity index (χ0) is 13.5. The minimum absolute atomic E-state index is 0.638. The Morgan fingerprint density at radius 1 is 1.32 bits per heavy atom. The van der Waals surface area contributed by atoms with E-state index in [0.29, 0.717) is 13.2 Å². The van der Waals surface area contributed by atoms with Gasteiger partial charge in [0.2, 0.25) is 0 Å². The molecule has 4 nitrogen and oxygen atoms in total. The summed E-state index contributed by atoms with van der Waals surface area (Å²) in [6, 6.07) is 6.13. The third-order valence-corrected chi connectivity index (χ3v) is 4.18. The molecular formula is C15H19NO3. The predicted octanol–water partition coefficient (Wildman–Crippen LogP) is 1.95. The maximum atomic E-state index is 11.6. The van der Waals surface area contributed by atoms with Gasteiger partial charge in [-0.1, -0.05) is 12.1 Å². The number of ether oxygens (including phenoxy) is 1. The van der Waals surface area contributed by atoms with Crippen molar-refractivity contribution in [1.29, 1.82) is 0 Å². The average Bonchev–Trinajstić information content (AvgIpc) is 3.21. The fourth-order valence-electron chi connectivity index (χ4n) is 2.84. The van der Waals surface area contributed by atoms with Gasteiger partial charge in [-0.3, -0.25) is 4.79 Å². The molecule has 2 fully saturated rings. The van der Waals surface area contributed by atoms with Gasteiger partial charge in [0.1, 0.15) is 0 Å². The Balaban J connectivity index is 2.02. The number of aryl methyl sites for hydroxylation is 1. The number of hydrogen-bond acceptors (Lipinski definition) is 3. The quantitative estimate of drug-likeness (QED) is 0.903. The number of carboxylic acid groups (broad SMARTS) is 1. The van der Waals surface area contributed by atoms with Gasteiger partial charge >= 0.3 is 5.97 Å². The molecule has 0 aromatic heterocycles. The van der Waals surface area contributed by atoms with Crippen molar-refractivity contribution in [3.8, 4) is 0 Å². The molecule has 1 saturated heterocycles. The molecule has 1 aliphatic carbocycles. The first kappa shape index (κ1) is 12.5. The molecule has 1 aliphatic heterocycles. The van der Waals surface area contributed by atoms with Gasteiger partial charge in [0, 0.05) is 18.8 Å². The zero-order valence-corrected chi connectivity index (χ0v) is 11.2. The maximum absolute atomic E-state index is 11.6. The van der Waals surface area contributed by atoms with E-state index >= 15 is 0 Å². The summed E-state index contributed by atoms with van der Waals surface area (Å²) < 4.78 is 5.38. The molecule has 1 saturated carbocycles. The molecule has 1 aromatic rings. The van der Waals surface area contributed by atoms with Crippen LogP contribution in [0.4, 0.5) is 5.69 Å². The summed E-state index contributed by atoms with van der Waals surface area (Å²) in [5.74, 6) is -0.689. The Morgan fingerprint density at radius 3 is 2.58 bits per heavy atom. The van der Waals surface area contributed by atoms with Crippen molar-refractivity contribution < 1.29 is 14.6 Å². The van der Waals surface area contributed by atoms with Crippen molar-refractivity contribution in [3.05, 3.63) is 29.3 Å². The average molecular weight is 261 g/mol. The number of hydrogen-bond donors (Lipinski definition) is 1. The van der Waals surface area contributed by atoms with Crippen molar-refractivity contribution >= 4 is 11.7 Å². The minimum atomic E-state index is -0.689. The molecule has 102 valence electrons. The topological polar surface area (TPSA) is 49.8 Å². The summed E-state index contributed by atoms with van der Waals surface area (Å²) in [7, 11) is 0. The Bertz CT molecular complexity index is 502. The Labute approximate surface area is 113 Å². The number of aliphatic carboxylic acids is 1. The summed E-state index contributed by atoms with van der Waals surface area (Å²) >= 11 is 0. The Kier molecular flexibility index (Phi) is 2.97. The molecule has 0 bridgehead atoms. The number of morpholine rings is 1. The highest BCUT2D eigenvalue weighted by molar-refractivity contribution is 5.87. The van der Waals surface area contributed by atoms with E-state index < -0.39 is 11.4 Å². The molecule has 1 aromatic carbocycles. The van der Waals surface area contributed by atoms with E-state index in [4.69, 9.17) is 4.74 Å². The third-order valence-electron chi connectivity index (χ3n) is 4.18. The van der Waals surface area contributed by atoms with Crippen LogP contribution in [0.25, 0.3) is 0 Å². The fraction of sp³-hybridized carbons (Fsp3) is 0.533. The van der Waals surface area contributed by atoms with Crippen LogP contribution in [-0.4, -0.2) is 37.4 Å². The number of carboxylic acids is 1. The lowest BCUT2D eigenvalue weighted by Crippen LogP contribution is -2.38. The lowest BCUT2D eigenvalue weighted by molar-refractivity contribution is -0.140. The Hall–Kier alpha value is -1.55. The van der Waals surface area contributed by atoms with Crippen LogP contribution in [0.1, 0.15) is 24.0 Å². The molecule has 4 heteroatoms. The van der Waals surface area contributed by atoms with Crippen LogP contribution in [0.2, 0.25) is 0 Å². The third kappa shape index (κ3) is 2.10. The molecule has 0 radical (unpaired) electrons. The lowest BCUT2D eigenvalue weighted by atomic mass is 9.92. The van der Waals surface area contributed by atoms with Gasteiger partial charge in [-0.25, -0.2) is 0 Å². The van der Waals surface area contributed by atoms with E-state index in [1.54, 1.807) is 0 Å². The summed E-state index contributed by atoms with van der Waals surface area (Å²) in [5, 5.41) is 9.51. The lowest BCUT2D eigenvalue weighted by Gasteiger charge is -2.32. The van der Waals surface area contributed by atoms with Crippen molar-refractivity contribution in [3.63, 3.8) is 0 Å². The highest BCUT2D eigenvalue weighted by Gasteiger charge is 2.53. The van der Waals surface area contributed by atoms with Gasteiger partial charge in [0.05, 0.1) is 18.6 Å². The Morgan fingerprint density at radius 2 is 2.00 bits per heavy atom. The van der Waals surface area contributed by atoms with E-state index in [-0.39, 0.29) is 0 Å². The zero-order valence-electron chi connectivity index (χ0n) is 11.2. The van der Waals surface area contributed by atoms with Gasteiger partial charge in [-0.05, 0) is 37.0 Å². The van der Waals surface area contributed by atoms with E-state index in [2.05, 4.69) is 11.0 Å². The van der Waals surface area contributed by atoms with E-state index in [0.717, 1.165) is 37.2 Å². The highest BCUT2D eigenvalue weighted by atomic mass is 16.5. The smallest absolute Gasteiger partial charge is 0.314 e. The van der Waals surface area contributed by atoms with Gasteiger partial charge in [0.15, 0.2) is 0 Å². The van der Waals surface area contributed by atoms with Crippen LogP contribution in [0.3, 0.4) is 0 Å². The summed E-state index contributed by atoms with van der Waals surface area (Å²) in [6.07, 6.45) is 1.51. The second kappa shape index (κ2) is 4.53. The largest absolute Gasteiger partial charge is 0.481 e. The summed E-state index contributed by atoms with van der Waals surface area (Å²) in [5.41, 5.74) is 2.60. The monoisotopic (exact) mass is 261 g/mol. The van der Waals surface area contributed by atoms with Crippen LogP contribution < -0.4 is 4.90 Å². The number of carbonyl (C=O) groups is 1. The molecular weight excluding hydrogens is 242 g/mol. The minimum Gasteiger partial charge on any atom is -0.481 e. The summed E-state index contributed by atoms with van der Waals surface area (Å²) in [6.45, 7) is 5.16. The molecule has 2 aliphatic rings. The van der Waals surface area contributed by atoms with Crippen molar-refractivity contribution in [2.45, 2.75) is 25.2 Å². The van der Waals surface area contributed by atoms with Crippen LogP contribution in [0.5, 0.6) is 0 Å². The second-order valence-corrected chi connectivity index (χ2v) is 5.51. The van der Waals surface area contributed by atoms with Gasteiger partial charge in [-0.15, -0.1) is 0 Å². The van der Waals surface area contributed by atoms with Crippen LogP contribution in [0, 0.1) is 6.92 Å². The standard InChI is InChI=1S/C15H19NO3/c1-11-2-3-12(15(4-5-15)14(17)18)13(10-11)16-6-8-19-9-7-16/h2-3,10H,4-9H2,1H3,(H,17,18). The van der Waals surface area contributed by atoms with Gasteiger partial charge < -0.3 is 14.7 Å². The molecule has 3 rings (SSSR count). The van der Waals surface area contributed by atoms with Gasteiger partial charge in [-0.2, -0.15) is 0 Å². The molecule has 0 spiro atoms.